The Morgan fingerprint density at radius 3 is 2.30 bits per heavy atom. The smallest absolute Gasteiger partial charge is 0.224 e. The summed E-state index contributed by atoms with van der Waals surface area (Å²) in [4.78, 5) is 22.7. The minimum atomic E-state index is -0.123. The molecule has 20 heavy (non-hydrogen) atoms. The quantitative estimate of drug-likeness (QED) is 0.734. The molecule has 0 saturated heterocycles. The van der Waals surface area contributed by atoms with E-state index in [1.807, 2.05) is 26.0 Å². The second-order valence-electron chi connectivity index (χ2n) is 5.07. The van der Waals surface area contributed by atoms with Gasteiger partial charge in [0.1, 0.15) is 0 Å². The number of hydrogen-bond donors (Lipinski definition) is 3. The fraction of sp³-hybridized carbons (Fsp3) is 0.467. The molecule has 0 heterocycles. The van der Waals surface area contributed by atoms with Gasteiger partial charge in [-0.05, 0) is 30.5 Å². The van der Waals surface area contributed by atoms with Crippen molar-refractivity contribution in [2.24, 2.45) is 5.92 Å². The first-order valence-electron chi connectivity index (χ1n) is 6.69. The molecule has 1 aromatic rings. The molecule has 110 valence electrons. The first-order valence-corrected chi connectivity index (χ1v) is 6.69. The number of carbonyl (C=O) groups excluding carboxylic acids is 2. The van der Waals surface area contributed by atoms with E-state index in [2.05, 4.69) is 10.6 Å². The van der Waals surface area contributed by atoms with Crippen molar-refractivity contribution in [1.82, 2.24) is 5.32 Å². The highest BCUT2D eigenvalue weighted by atomic mass is 16.3. The van der Waals surface area contributed by atoms with Crippen LogP contribution in [0, 0.1) is 5.92 Å². The lowest BCUT2D eigenvalue weighted by Crippen LogP contribution is -2.39. The van der Waals surface area contributed by atoms with E-state index < -0.39 is 0 Å². The van der Waals surface area contributed by atoms with Gasteiger partial charge in [0.25, 0.3) is 0 Å². The molecular formula is C15H22N2O3. The first-order chi connectivity index (χ1) is 9.42. The Bertz CT molecular complexity index is 457. The van der Waals surface area contributed by atoms with Crippen molar-refractivity contribution in [2.75, 3.05) is 11.9 Å². The monoisotopic (exact) mass is 278 g/mol. The van der Waals surface area contributed by atoms with Gasteiger partial charge in [0.15, 0.2) is 0 Å². The molecule has 5 heteroatoms. The lowest BCUT2D eigenvalue weighted by Gasteiger charge is -2.19. The topological polar surface area (TPSA) is 78.4 Å². The number of rotatable bonds is 6. The molecule has 5 nitrogen and oxygen atoms in total. The number of aliphatic hydroxyl groups is 1. The summed E-state index contributed by atoms with van der Waals surface area (Å²) in [5.74, 6) is -0.173. The van der Waals surface area contributed by atoms with Crippen molar-refractivity contribution >= 4 is 17.5 Å². The highest BCUT2D eigenvalue weighted by molar-refractivity contribution is 5.88. The van der Waals surface area contributed by atoms with Crippen molar-refractivity contribution in [2.45, 2.75) is 33.2 Å². The predicted molar refractivity (Wildman–Crippen MR) is 78.3 cm³/mol. The third kappa shape index (κ3) is 5.40. The normalized spacial score (nSPS) is 13.4. The highest BCUT2D eigenvalue weighted by Crippen LogP contribution is 2.10. The number of nitrogens with one attached hydrogen (secondary N) is 2. The van der Waals surface area contributed by atoms with E-state index in [0.29, 0.717) is 5.69 Å². The van der Waals surface area contributed by atoms with Crippen LogP contribution in [0.5, 0.6) is 0 Å². The van der Waals surface area contributed by atoms with E-state index in [0.717, 1.165) is 5.56 Å². The van der Waals surface area contributed by atoms with Crippen LogP contribution in [-0.4, -0.2) is 29.6 Å². The van der Waals surface area contributed by atoms with E-state index >= 15 is 0 Å². The summed E-state index contributed by atoms with van der Waals surface area (Å²) >= 11 is 0. The Morgan fingerprint density at radius 1 is 1.20 bits per heavy atom. The van der Waals surface area contributed by atoms with Gasteiger partial charge in [0.05, 0.1) is 6.42 Å². The molecule has 0 fully saturated rings. The average molecular weight is 278 g/mol. The molecule has 2 amide bonds. The second-order valence-corrected chi connectivity index (χ2v) is 5.07. The zero-order valence-corrected chi connectivity index (χ0v) is 12.1. The van der Waals surface area contributed by atoms with Crippen molar-refractivity contribution in [3.63, 3.8) is 0 Å². The van der Waals surface area contributed by atoms with Gasteiger partial charge in [0, 0.05) is 25.3 Å². The van der Waals surface area contributed by atoms with Crippen molar-refractivity contribution in [3.8, 4) is 0 Å². The summed E-state index contributed by atoms with van der Waals surface area (Å²) in [6.07, 6.45) is 0.281. The predicted octanol–water partition coefficient (Wildman–Crippen LogP) is 1.32. The van der Waals surface area contributed by atoms with Crippen molar-refractivity contribution < 1.29 is 14.7 Å². The molecule has 0 saturated carbocycles. The van der Waals surface area contributed by atoms with Crippen LogP contribution in [0.1, 0.15) is 26.3 Å². The maximum atomic E-state index is 11.8. The van der Waals surface area contributed by atoms with Crippen LogP contribution in [0.2, 0.25) is 0 Å². The third-order valence-electron chi connectivity index (χ3n) is 3.17. The molecule has 3 N–H and O–H groups in total. The van der Waals surface area contributed by atoms with Crippen molar-refractivity contribution in [1.29, 1.82) is 0 Å². The summed E-state index contributed by atoms with van der Waals surface area (Å²) in [6, 6.07) is 7.09. The maximum Gasteiger partial charge on any atom is 0.224 e. The minimum Gasteiger partial charge on any atom is -0.396 e. The molecule has 0 bridgehead atoms. The van der Waals surface area contributed by atoms with E-state index in [4.69, 9.17) is 5.11 Å². The maximum absolute atomic E-state index is 11.8. The van der Waals surface area contributed by atoms with Crippen LogP contribution in [0.15, 0.2) is 24.3 Å². The number of amides is 2. The van der Waals surface area contributed by atoms with Gasteiger partial charge >= 0.3 is 0 Å². The fourth-order valence-electron chi connectivity index (χ4n) is 1.70. The second kappa shape index (κ2) is 7.65. The third-order valence-corrected chi connectivity index (χ3v) is 3.17. The van der Waals surface area contributed by atoms with Crippen molar-refractivity contribution in [3.05, 3.63) is 29.8 Å². The summed E-state index contributed by atoms with van der Waals surface area (Å²) in [7, 11) is 0. The standard InChI is InChI=1S/C15H22N2O3/c1-10(9-18)11(2)16-15(20)8-13-4-6-14(7-5-13)17-12(3)19/h4-7,10-11,18H,8-9H2,1-3H3,(H,16,20)(H,17,19). The van der Waals surface area contributed by atoms with Crippen LogP contribution in [0.3, 0.4) is 0 Å². The molecule has 0 aliphatic carbocycles. The molecule has 1 rings (SSSR count). The summed E-state index contributed by atoms with van der Waals surface area (Å²) in [5, 5.41) is 14.6. The minimum absolute atomic E-state index is 0.0288. The lowest BCUT2D eigenvalue weighted by molar-refractivity contribution is -0.121. The molecule has 0 radical (unpaired) electrons. The zero-order valence-electron chi connectivity index (χ0n) is 12.1. The Hall–Kier alpha value is -1.88. The summed E-state index contributed by atoms with van der Waals surface area (Å²) < 4.78 is 0. The highest BCUT2D eigenvalue weighted by Gasteiger charge is 2.14. The number of anilines is 1. The van der Waals surface area contributed by atoms with Gasteiger partial charge in [-0.3, -0.25) is 9.59 Å². The van der Waals surface area contributed by atoms with E-state index in [1.165, 1.54) is 6.92 Å². The van der Waals surface area contributed by atoms with Gasteiger partial charge in [-0.15, -0.1) is 0 Å². The SMILES string of the molecule is CC(=O)Nc1ccc(CC(=O)NC(C)C(C)CO)cc1. The number of benzene rings is 1. The van der Waals surface area contributed by atoms with Crippen LogP contribution < -0.4 is 10.6 Å². The fourth-order valence-corrected chi connectivity index (χ4v) is 1.70. The van der Waals surface area contributed by atoms with Gasteiger partial charge in [-0.1, -0.05) is 19.1 Å². The molecule has 2 atom stereocenters. The first kappa shape index (κ1) is 16.2. The Kier molecular flexibility index (Phi) is 6.18. The van der Waals surface area contributed by atoms with Crippen LogP contribution in [-0.2, 0) is 16.0 Å². The van der Waals surface area contributed by atoms with E-state index in [-0.39, 0.29) is 36.8 Å². The number of hydrogen-bond acceptors (Lipinski definition) is 3. The van der Waals surface area contributed by atoms with E-state index in [9.17, 15) is 9.59 Å². The molecule has 0 spiro atoms. The van der Waals surface area contributed by atoms with E-state index in [1.54, 1.807) is 12.1 Å². The molecule has 2 unspecified atom stereocenters. The Morgan fingerprint density at radius 2 is 1.80 bits per heavy atom. The van der Waals surface area contributed by atoms with Gasteiger partial charge in [-0.25, -0.2) is 0 Å². The molecule has 1 aromatic carbocycles. The van der Waals surface area contributed by atoms with Crippen LogP contribution >= 0.6 is 0 Å². The number of carbonyl (C=O) groups is 2. The molecular weight excluding hydrogens is 256 g/mol. The largest absolute Gasteiger partial charge is 0.396 e. The Labute approximate surface area is 119 Å². The summed E-state index contributed by atoms with van der Waals surface area (Å²) in [5.41, 5.74) is 1.59. The van der Waals surface area contributed by atoms with Gasteiger partial charge in [0.2, 0.25) is 11.8 Å². The lowest BCUT2D eigenvalue weighted by atomic mass is 10.0. The molecule has 0 aliphatic heterocycles. The Balaban J connectivity index is 2.52. The average Bonchev–Trinajstić information content (AvgIpc) is 2.39. The zero-order chi connectivity index (χ0) is 15.1. The van der Waals surface area contributed by atoms with Crippen LogP contribution in [0.4, 0.5) is 5.69 Å². The van der Waals surface area contributed by atoms with Crippen LogP contribution in [0.25, 0.3) is 0 Å². The summed E-state index contributed by atoms with van der Waals surface area (Å²) in [6.45, 7) is 5.25. The van der Waals surface area contributed by atoms with Gasteiger partial charge in [-0.2, -0.15) is 0 Å². The molecule has 0 aliphatic rings. The molecule has 0 aromatic heterocycles. The number of aliphatic hydroxyl groups excluding tert-OH is 1. The van der Waals surface area contributed by atoms with Gasteiger partial charge < -0.3 is 15.7 Å².